The first-order chi connectivity index (χ1) is 8.47. The minimum atomic E-state index is -0.523. The molecule has 0 saturated carbocycles. The number of primary amides is 1. The van der Waals surface area contributed by atoms with E-state index in [2.05, 4.69) is 18.7 Å². The lowest BCUT2D eigenvalue weighted by Gasteiger charge is -2.41. The van der Waals surface area contributed by atoms with Gasteiger partial charge < -0.3 is 15.4 Å². The second-order valence-corrected chi connectivity index (χ2v) is 4.84. The summed E-state index contributed by atoms with van der Waals surface area (Å²) < 4.78 is 4.88. The van der Waals surface area contributed by atoms with Gasteiger partial charge in [0.2, 0.25) is 11.8 Å². The van der Waals surface area contributed by atoms with Crippen LogP contribution in [0.5, 0.6) is 0 Å². The van der Waals surface area contributed by atoms with Crippen molar-refractivity contribution in [1.29, 1.82) is 0 Å². The molecule has 0 radical (unpaired) electrons. The minimum absolute atomic E-state index is 0.0657. The average molecular weight is 257 g/mol. The zero-order valence-corrected chi connectivity index (χ0v) is 11.4. The lowest BCUT2D eigenvalue weighted by molar-refractivity contribution is -0.143. The molecule has 104 valence electrons. The Morgan fingerprint density at radius 3 is 2.56 bits per heavy atom. The molecule has 1 aliphatic rings. The molecule has 1 atom stereocenters. The Hall–Kier alpha value is -1.14. The molecule has 1 aliphatic heterocycles. The summed E-state index contributed by atoms with van der Waals surface area (Å²) in [6.07, 6.45) is 0.294. The van der Waals surface area contributed by atoms with Crippen LogP contribution in [0.1, 0.15) is 20.3 Å². The van der Waals surface area contributed by atoms with Gasteiger partial charge in [0, 0.05) is 32.8 Å². The van der Waals surface area contributed by atoms with Crippen molar-refractivity contribution < 1.29 is 14.3 Å². The Morgan fingerprint density at radius 1 is 1.39 bits per heavy atom. The molecular formula is C12H23N3O3. The van der Waals surface area contributed by atoms with E-state index in [0.717, 1.165) is 6.54 Å². The standard InChI is InChI=1S/C12H23N3O3/c1-9(2)14-5-6-15(10(8-14)12(13)17)11(16)4-7-18-3/h9-10H,4-8H2,1-3H3,(H2,13,17). The smallest absolute Gasteiger partial charge is 0.241 e. The Balaban J connectivity index is 2.67. The molecule has 6 heteroatoms. The van der Waals surface area contributed by atoms with Gasteiger partial charge in [-0.15, -0.1) is 0 Å². The first-order valence-electron chi connectivity index (χ1n) is 6.29. The Bertz CT molecular complexity index is 307. The fourth-order valence-electron chi connectivity index (χ4n) is 2.15. The van der Waals surface area contributed by atoms with Crippen LogP contribution >= 0.6 is 0 Å². The number of methoxy groups -OCH3 is 1. The van der Waals surface area contributed by atoms with Crippen LogP contribution in [0.2, 0.25) is 0 Å². The van der Waals surface area contributed by atoms with E-state index in [0.29, 0.717) is 32.2 Å². The third-order valence-corrected chi connectivity index (χ3v) is 3.31. The number of nitrogens with zero attached hydrogens (tertiary/aromatic N) is 2. The van der Waals surface area contributed by atoms with Crippen LogP contribution in [-0.4, -0.2) is 67.0 Å². The van der Waals surface area contributed by atoms with Gasteiger partial charge in [-0.3, -0.25) is 14.5 Å². The molecule has 0 aliphatic carbocycles. The van der Waals surface area contributed by atoms with Gasteiger partial charge in [0.05, 0.1) is 13.0 Å². The maximum Gasteiger partial charge on any atom is 0.241 e. The van der Waals surface area contributed by atoms with E-state index in [1.54, 1.807) is 12.0 Å². The second-order valence-electron chi connectivity index (χ2n) is 4.84. The predicted octanol–water partition coefficient (Wildman–Crippen LogP) is -0.571. The zero-order chi connectivity index (χ0) is 13.7. The van der Waals surface area contributed by atoms with Crippen molar-refractivity contribution in [3.63, 3.8) is 0 Å². The summed E-state index contributed by atoms with van der Waals surface area (Å²) in [5.74, 6) is -0.504. The van der Waals surface area contributed by atoms with E-state index >= 15 is 0 Å². The number of carbonyl (C=O) groups excluding carboxylic acids is 2. The Kier molecular flexibility index (Phi) is 5.55. The maximum absolute atomic E-state index is 12.0. The van der Waals surface area contributed by atoms with Crippen molar-refractivity contribution in [1.82, 2.24) is 9.80 Å². The van der Waals surface area contributed by atoms with Crippen LogP contribution in [0.25, 0.3) is 0 Å². The molecule has 0 bridgehead atoms. The van der Waals surface area contributed by atoms with Crippen LogP contribution < -0.4 is 5.73 Å². The molecule has 2 amide bonds. The summed E-state index contributed by atoms with van der Waals surface area (Å²) in [6, 6.07) is -0.173. The number of nitrogens with two attached hydrogens (primary N) is 1. The molecular weight excluding hydrogens is 234 g/mol. The number of piperazine rings is 1. The molecule has 1 heterocycles. The highest BCUT2D eigenvalue weighted by Crippen LogP contribution is 2.13. The number of hydrogen-bond acceptors (Lipinski definition) is 4. The Labute approximate surface area is 108 Å². The summed E-state index contributed by atoms with van der Waals surface area (Å²) in [4.78, 5) is 27.2. The number of ether oxygens (including phenoxy) is 1. The van der Waals surface area contributed by atoms with E-state index in [4.69, 9.17) is 10.5 Å². The van der Waals surface area contributed by atoms with Crippen molar-refractivity contribution in [2.45, 2.75) is 32.4 Å². The molecule has 18 heavy (non-hydrogen) atoms. The lowest BCUT2D eigenvalue weighted by atomic mass is 10.1. The molecule has 2 N–H and O–H groups in total. The fourth-order valence-corrected chi connectivity index (χ4v) is 2.15. The van der Waals surface area contributed by atoms with E-state index in [9.17, 15) is 9.59 Å². The van der Waals surface area contributed by atoms with Crippen molar-refractivity contribution in [3.8, 4) is 0 Å². The number of carbonyl (C=O) groups is 2. The van der Waals surface area contributed by atoms with E-state index in [-0.39, 0.29) is 5.91 Å². The summed E-state index contributed by atoms with van der Waals surface area (Å²) in [6.45, 7) is 6.36. The monoisotopic (exact) mass is 257 g/mol. The quantitative estimate of drug-likeness (QED) is 0.715. The average Bonchev–Trinajstić information content (AvgIpc) is 2.34. The summed E-state index contributed by atoms with van der Waals surface area (Å²) in [5.41, 5.74) is 5.40. The van der Waals surface area contributed by atoms with Crippen LogP contribution in [0.15, 0.2) is 0 Å². The van der Waals surface area contributed by atoms with Crippen molar-refractivity contribution >= 4 is 11.8 Å². The Morgan fingerprint density at radius 2 is 2.06 bits per heavy atom. The van der Waals surface area contributed by atoms with Crippen LogP contribution in [0.4, 0.5) is 0 Å². The largest absolute Gasteiger partial charge is 0.384 e. The third kappa shape index (κ3) is 3.68. The van der Waals surface area contributed by atoms with E-state index in [1.165, 1.54) is 0 Å². The summed E-state index contributed by atoms with van der Waals surface area (Å²) >= 11 is 0. The molecule has 1 unspecified atom stereocenters. The molecule has 0 spiro atoms. The van der Waals surface area contributed by atoms with Crippen molar-refractivity contribution in [2.75, 3.05) is 33.4 Å². The molecule has 6 nitrogen and oxygen atoms in total. The lowest BCUT2D eigenvalue weighted by Crippen LogP contribution is -2.61. The molecule has 1 fully saturated rings. The first kappa shape index (κ1) is 14.9. The number of rotatable bonds is 5. The molecule has 1 saturated heterocycles. The van der Waals surface area contributed by atoms with E-state index in [1.807, 2.05) is 0 Å². The van der Waals surface area contributed by atoms with Gasteiger partial charge in [-0.05, 0) is 13.8 Å². The van der Waals surface area contributed by atoms with Gasteiger partial charge in [-0.25, -0.2) is 0 Å². The normalized spacial score (nSPS) is 21.3. The van der Waals surface area contributed by atoms with Crippen LogP contribution in [0.3, 0.4) is 0 Å². The number of amides is 2. The van der Waals surface area contributed by atoms with Gasteiger partial charge >= 0.3 is 0 Å². The van der Waals surface area contributed by atoms with Gasteiger partial charge in [0.15, 0.2) is 0 Å². The molecule has 1 rings (SSSR count). The second kappa shape index (κ2) is 6.70. The van der Waals surface area contributed by atoms with Gasteiger partial charge in [-0.1, -0.05) is 0 Å². The molecule has 0 aromatic carbocycles. The van der Waals surface area contributed by atoms with Crippen molar-refractivity contribution in [2.24, 2.45) is 5.73 Å². The fraction of sp³-hybridized carbons (Fsp3) is 0.833. The predicted molar refractivity (Wildman–Crippen MR) is 67.9 cm³/mol. The summed E-state index contributed by atoms with van der Waals surface area (Å²) in [7, 11) is 1.55. The highest BCUT2D eigenvalue weighted by Gasteiger charge is 2.34. The van der Waals surface area contributed by atoms with Gasteiger partial charge in [0.1, 0.15) is 6.04 Å². The molecule has 0 aromatic rings. The third-order valence-electron chi connectivity index (χ3n) is 3.31. The van der Waals surface area contributed by atoms with E-state index < -0.39 is 11.9 Å². The van der Waals surface area contributed by atoms with Crippen LogP contribution in [0, 0.1) is 0 Å². The van der Waals surface area contributed by atoms with Crippen LogP contribution in [-0.2, 0) is 14.3 Å². The summed E-state index contributed by atoms with van der Waals surface area (Å²) in [5, 5.41) is 0. The van der Waals surface area contributed by atoms with Gasteiger partial charge in [-0.2, -0.15) is 0 Å². The van der Waals surface area contributed by atoms with Crippen molar-refractivity contribution in [3.05, 3.63) is 0 Å². The maximum atomic E-state index is 12.0. The minimum Gasteiger partial charge on any atom is -0.384 e. The highest BCUT2D eigenvalue weighted by atomic mass is 16.5. The topological polar surface area (TPSA) is 75.9 Å². The van der Waals surface area contributed by atoms with Gasteiger partial charge in [0.25, 0.3) is 0 Å². The first-order valence-corrected chi connectivity index (χ1v) is 6.29. The zero-order valence-electron chi connectivity index (χ0n) is 11.4. The number of hydrogen-bond donors (Lipinski definition) is 1. The SMILES string of the molecule is COCCC(=O)N1CCN(C(C)C)CC1C(N)=O. The molecule has 0 aromatic heterocycles. The highest BCUT2D eigenvalue weighted by molar-refractivity contribution is 5.87.